The molecule has 34 heavy (non-hydrogen) atoms. The first kappa shape index (κ1) is 25.3. The molecule has 3 N–H and O–H groups in total. The van der Waals surface area contributed by atoms with Gasteiger partial charge in [-0.25, -0.2) is 0 Å². The molecule has 180 valence electrons. The van der Waals surface area contributed by atoms with E-state index >= 15 is 0 Å². The molecule has 0 aliphatic heterocycles. The lowest BCUT2D eigenvalue weighted by Crippen LogP contribution is -2.40. The maximum atomic E-state index is 13.3. The number of pyridine rings is 2. The number of nitrogens with zero attached hydrogens (tertiary/aromatic N) is 5. The van der Waals surface area contributed by atoms with Gasteiger partial charge in [-0.1, -0.05) is 6.07 Å². The van der Waals surface area contributed by atoms with Gasteiger partial charge in [0.05, 0.1) is 22.5 Å². The zero-order valence-corrected chi connectivity index (χ0v) is 19.9. The van der Waals surface area contributed by atoms with E-state index in [1.165, 1.54) is 10.6 Å². The average molecular weight is 487 g/mol. The van der Waals surface area contributed by atoms with E-state index < -0.39 is 0 Å². The fraction of sp³-hybridized carbons (Fsp3) is 0.273. The van der Waals surface area contributed by atoms with E-state index in [4.69, 9.17) is 5.73 Å². The van der Waals surface area contributed by atoms with Crippen molar-refractivity contribution in [2.24, 2.45) is 10.2 Å². The van der Waals surface area contributed by atoms with Crippen LogP contribution >= 0.6 is 12.0 Å². The monoisotopic (exact) mass is 486 g/mol. The second-order valence-corrected chi connectivity index (χ2v) is 8.43. The van der Waals surface area contributed by atoms with Crippen LogP contribution < -0.4 is 21.1 Å². The number of hydrogen-bond acceptors (Lipinski definition) is 10. The molecule has 0 saturated heterocycles. The first-order valence-corrected chi connectivity index (χ1v) is 11.1. The van der Waals surface area contributed by atoms with Crippen LogP contribution in [0, 0.1) is 6.92 Å². The summed E-state index contributed by atoms with van der Waals surface area (Å²) in [5, 5.41) is 33.1. The smallest absolute Gasteiger partial charge is 0.326 e. The SMILES string of the molecule is Cc1c(N=Nc2cc(N)ccc2SOO[O-])c(O)n(CCCN(C)C)c(=O)c1-[n+]1ccccc1. The third-order valence-corrected chi connectivity index (χ3v) is 5.63. The fourth-order valence-electron chi connectivity index (χ4n) is 3.35. The molecule has 3 aromatic rings. The van der Waals surface area contributed by atoms with Gasteiger partial charge in [0, 0.05) is 24.4 Å². The van der Waals surface area contributed by atoms with Gasteiger partial charge in [-0.05, 0) is 52.2 Å². The second kappa shape index (κ2) is 11.7. The number of nitrogens with two attached hydrogens (primary N) is 1. The van der Waals surface area contributed by atoms with Crippen LogP contribution in [0.25, 0.3) is 5.69 Å². The molecule has 0 amide bonds. The standard InChI is InChI=1S/C22H26N6O5S/c1-15-19(25-24-17-14-16(23)8-9-18(17)34-33-32-31)21(29)28(13-7-10-26(2)3)22(30)20(15)27-11-5-4-6-12-27/h4-6,8-9,11-12,14H,7,10,13,23H2,1-3H3,(H-,29,31). The molecule has 2 heterocycles. The number of rotatable bonds is 10. The van der Waals surface area contributed by atoms with Crippen molar-refractivity contribution >= 4 is 29.1 Å². The van der Waals surface area contributed by atoms with Gasteiger partial charge in [-0.15, -0.1) is 10.2 Å². The summed E-state index contributed by atoms with van der Waals surface area (Å²) < 4.78 is 7.37. The van der Waals surface area contributed by atoms with Crippen LogP contribution in [0.3, 0.4) is 0 Å². The second-order valence-electron chi connectivity index (χ2n) is 7.69. The summed E-state index contributed by atoms with van der Waals surface area (Å²) >= 11 is 0.648. The summed E-state index contributed by atoms with van der Waals surface area (Å²) in [5.74, 6) is -0.289. The Balaban J connectivity index is 2.13. The van der Waals surface area contributed by atoms with E-state index in [1.807, 2.05) is 25.1 Å². The summed E-state index contributed by atoms with van der Waals surface area (Å²) in [6.07, 6.45) is 4.14. The average Bonchev–Trinajstić information content (AvgIpc) is 2.81. The van der Waals surface area contributed by atoms with E-state index in [0.717, 1.165) is 6.54 Å². The summed E-state index contributed by atoms with van der Waals surface area (Å²) in [6, 6.07) is 10.2. The van der Waals surface area contributed by atoms with Crippen molar-refractivity contribution in [2.75, 3.05) is 26.4 Å². The van der Waals surface area contributed by atoms with E-state index in [1.54, 1.807) is 48.1 Å². The molecule has 0 aliphatic carbocycles. The Morgan fingerprint density at radius 3 is 2.65 bits per heavy atom. The zero-order chi connectivity index (χ0) is 24.7. The lowest BCUT2D eigenvalue weighted by Gasteiger charge is -2.14. The third kappa shape index (κ3) is 5.98. The van der Waals surface area contributed by atoms with Crippen molar-refractivity contribution < 1.29 is 24.3 Å². The topological polar surface area (TPSA) is 142 Å². The van der Waals surface area contributed by atoms with Crippen molar-refractivity contribution in [3.63, 3.8) is 0 Å². The lowest BCUT2D eigenvalue weighted by atomic mass is 10.2. The van der Waals surface area contributed by atoms with E-state index in [9.17, 15) is 15.2 Å². The van der Waals surface area contributed by atoms with Gasteiger partial charge in [0.15, 0.2) is 18.1 Å². The predicted molar refractivity (Wildman–Crippen MR) is 125 cm³/mol. The number of nitrogen functional groups attached to an aromatic ring is 1. The Hall–Kier alpha value is -3.29. The Morgan fingerprint density at radius 1 is 1.24 bits per heavy atom. The van der Waals surface area contributed by atoms with Crippen molar-refractivity contribution in [1.29, 1.82) is 0 Å². The molecule has 0 fully saturated rings. The van der Waals surface area contributed by atoms with Crippen LogP contribution in [-0.4, -0.2) is 35.2 Å². The van der Waals surface area contributed by atoms with Crippen molar-refractivity contribution in [3.8, 4) is 11.6 Å². The Morgan fingerprint density at radius 2 is 1.97 bits per heavy atom. The highest BCUT2D eigenvalue weighted by Gasteiger charge is 2.25. The first-order valence-electron chi connectivity index (χ1n) is 10.4. The summed E-state index contributed by atoms with van der Waals surface area (Å²) in [6.45, 7) is 2.72. The normalized spacial score (nSPS) is 11.6. The number of aromatic nitrogens is 2. The molecule has 11 nitrogen and oxygen atoms in total. The molecular formula is C22H26N6O5S. The van der Waals surface area contributed by atoms with Crippen LogP contribution in [0.2, 0.25) is 0 Å². The van der Waals surface area contributed by atoms with Crippen LogP contribution in [0.15, 0.2) is 68.7 Å². The number of azo groups is 1. The maximum Gasteiger partial charge on any atom is 0.326 e. The van der Waals surface area contributed by atoms with Crippen LogP contribution in [0.5, 0.6) is 5.88 Å². The molecule has 0 bridgehead atoms. The molecule has 3 rings (SSSR count). The predicted octanol–water partition coefficient (Wildman–Crippen LogP) is 2.32. The van der Waals surface area contributed by atoms with Crippen molar-refractivity contribution in [3.05, 3.63) is 64.7 Å². The molecule has 2 aromatic heterocycles. The van der Waals surface area contributed by atoms with Gasteiger partial charge >= 0.3 is 5.56 Å². The van der Waals surface area contributed by atoms with Crippen LogP contribution in [-0.2, 0) is 15.9 Å². The van der Waals surface area contributed by atoms with Gasteiger partial charge in [0.2, 0.25) is 5.88 Å². The first-order chi connectivity index (χ1) is 16.3. The number of anilines is 1. The van der Waals surface area contributed by atoms with Gasteiger partial charge in [-0.2, -0.15) is 8.90 Å². The Bertz CT molecular complexity index is 1220. The molecule has 0 unspecified atom stereocenters. The fourth-order valence-corrected chi connectivity index (χ4v) is 3.76. The molecule has 1 aromatic carbocycles. The number of hydrogen-bond donors (Lipinski definition) is 2. The minimum Gasteiger partial charge on any atom is -0.691 e. The van der Waals surface area contributed by atoms with Gasteiger partial charge in [0.1, 0.15) is 5.69 Å². The highest BCUT2D eigenvalue weighted by Crippen LogP contribution is 2.36. The van der Waals surface area contributed by atoms with Gasteiger partial charge < -0.3 is 21.0 Å². The Kier molecular flexibility index (Phi) is 8.73. The van der Waals surface area contributed by atoms with Gasteiger partial charge in [0.25, 0.3) is 5.69 Å². The van der Waals surface area contributed by atoms with Crippen LogP contribution in [0.4, 0.5) is 17.1 Å². The lowest BCUT2D eigenvalue weighted by molar-refractivity contribution is -0.777. The highest BCUT2D eigenvalue weighted by atomic mass is 32.2. The van der Waals surface area contributed by atoms with Crippen molar-refractivity contribution in [2.45, 2.75) is 24.8 Å². The summed E-state index contributed by atoms with van der Waals surface area (Å²) in [4.78, 5) is 15.8. The molecule has 0 aliphatic rings. The summed E-state index contributed by atoms with van der Waals surface area (Å²) in [7, 11) is 3.87. The molecule has 0 saturated carbocycles. The largest absolute Gasteiger partial charge is 0.691 e. The minimum absolute atomic E-state index is 0.134. The van der Waals surface area contributed by atoms with Crippen LogP contribution in [0.1, 0.15) is 12.0 Å². The number of aromatic hydroxyl groups is 1. The van der Waals surface area contributed by atoms with E-state index in [-0.39, 0.29) is 17.1 Å². The maximum absolute atomic E-state index is 13.3. The quantitative estimate of drug-likeness (QED) is 0.111. The third-order valence-electron chi connectivity index (χ3n) is 4.98. The van der Waals surface area contributed by atoms with Gasteiger partial charge in [-0.3, -0.25) is 14.4 Å². The molecule has 12 heteroatoms. The zero-order valence-electron chi connectivity index (χ0n) is 19.0. The minimum atomic E-state index is -0.342. The molecule has 0 spiro atoms. The molecule has 0 atom stereocenters. The van der Waals surface area contributed by atoms with E-state index in [2.05, 4.69) is 19.6 Å². The highest BCUT2D eigenvalue weighted by molar-refractivity contribution is 7.94. The van der Waals surface area contributed by atoms with Crippen molar-refractivity contribution in [1.82, 2.24) is 9.47 Å². The molecular weight excluding hydrogens is 460 g/mol. The number of benzene rings is 1. The Labute approximate surface area is 200 Å². The summed E-state index contributed by atoms with van der Waals surface area (Å²) in [5.41, 5.74) is 7.16. The van der Waals surface area contributed by atoms with E-state index in [0.29, 0.717) is 52.5 Å². The molecule has 0 radical (unpaired) electrons.